The molecule has 37 heavy (non-hydrogen) atoms. The number of allylic oxidation sites excluding steroid dienone is 1. The van der Waals surface area contributed by atoms with Crippen molar-refractivity contribution in [3.8, 4) is 23.0 Å². The van der Waals surface area contributed by atoms with Crippen molar-refractivity contribution in [2.75, 3.05) is 0 Å². The van der Waals surface area contributed by atoms with E-state index in [1.807, 2.05) is 101 Å². The minimum atomic E-state index is 0.519. The van der Waals surface area contributed by atoms with Crippen molar-refractivity contribution >= 4 is 56.3 Å². The fourth-order valence-corrected chi connectivity index (χ4v) is 6.72. The van der Waals surface area contributed by atoms with Crippen LogP contribution < -0.4 is 0 Å². The molecular formula is C29H19N5S3. The van der Waals surface area contributed by atoms with Gasteiger partial charge in [0, 0.05) is 28.5 Å². The second kappa shape index (κ2) is 10.5. The van der Waals surface area contributed by atoms with E-state index in [0.717, 1.165) is 38.1 Å². The van der Waals surface area contributed by atoms with Crippen LogP contribution in [0.5, 0.6) is 0 Å². The van der Waals surface area contributed by atoms with E-state index in [1.54, 1.807) is 23.1 Å². The molecule has 3 heterocycles. The highest BCUT2D eigenvalue weighted by molar-refractivity contribution is 8.00. The number of thioether (sulfide) groups is 1. The summed E-state index contributed by atoms with van der Waals surface area (Å²) in [6, 6.07) is 30.5. The lowest BCUT2D eigenvalue weighted by atomic mass is 10.1. The van der Waals surface area contributed by atoms with Gasteiger partial charge in [-0.1, -0.05) is 72.4 Å². The Balaban J connectivity index is 1.29. The van der Waals surface area contributed by atoms with Crippen LogP contribution in [0.2, 0.25) is 0 Å². The summed E-state index contributed by atoms with van der Waals surface area (Å²) in [5.41, 5.74) is 6.12. The number of para-hydroxylation sites is 2. The molecule has 5 nitrogen and oxygen atoms in total. The Kier molecular flexibility index (Phi) is 6.65. The quantitative estimate of drug-likeness (QED) is 0.154. The fourth-order valence-electron chi connectivity index (χ4n) is 3.87. The van der Waals surface area contributed by atoms with Crippen LogP contribution in [0.25, 0.3) is 38.8 Å². The molecule has 0 saturated carbocycles. The first-order chi connectivity index (χ1) is 18.3. The average molecular weight is 534 g/mol. The molecule has 0 fully saturated rings. The van der Waals surface area contributed by atoms with E-state index < -0.39 is 0 Å². The summed E-state index contributed by atoms with van der Waals surface area (Å²) in [5, 5.41) is 17.6. The van der Waals surface area contributed by atoms with Gasteiger partial charge >= 0.3 is 0 Å². The molecule has 0 bridgehead atoms. The molecular weight excluding hydrogens is 515 g/mol. The van der Waals surface area contributed by atoms with Crippen molar-refractivity contribution in [1.82, 2.24) is 19.7 Å². The van der Waals surface area contributed by atoms with Crippen molar-refractivity contribution in [3.05, 3.63) is 113 Å². The Bertz CT molecular complexity index is 1710. The Morgan fingerprint density at radius 3 is 2.49 bits per heavy atom. The maximum Gasteiger partial charge on any atom is 0.151 e. The predicted octanol–water partition coefficient (Wildman–Crippen LogP) is 7.96. The van der Waals surface area contributed by atoms with Crippen molar-refractivity contribution < 1.29 is 0 Å². The highest BCUT2D eigenvalue weighted by atomic mass is 32.2. The lowest BCUT2D eigenvalue weighted by Crippen LogP contribution is -1.93. The van der Waals surface area contributed by atoms with E-state index >= 15 is 0 Å². The lowest BCUT2D eigenvalue weighted by Gasteiger charge is -2.00. The smallest absolute Gasteiger partial charge is 0.151 e. The third-order valence-electron chi connectivity index (χ3n) is 5.63. The van der Waals surface area contributed by atoms with E-state index in [9.17, 15) is 5.26 Å². The summed E-state index contributed by atoms with van der Waals surface area (Å²) in [6.45, 7) is 0. The van der Waals surface area contributed by atoms with E-state index in [-0.39, 0.29) is 0 Å². The summed E-state index contributed by atoms with van der Waals surface area (Å²) in [5.74, 6) is 0.705. The molecule has 0 unspecified atom stereocenters. The number of nitrogens with zero attached hydrogens (tertiary/aromatic N) is 5. The average Bonchev–Trinajstić information content (AvgIpc) is 3.69. The predicted molar refractivity (Wildman–Crippen MR) is 154 cm³/mol. The minimum absolute atomic E-state index is 0.519. The second-order valence-electron chi connectivity index (χ2n) is 8.13. The third kappa shape index (κ3) is 5.11. The Morgan fingerprint density at radius 2 is 1.70 bits per heavy atom. The van der Waals surface area contributed by atoms with Gasteiger partial charge in [0.2, 0.25) is 0 Å². The van der Waals surface area contributed by atoms with Gasteiger partial charge in [0.05, 0.1) is 32.9 Å². The Morgan fingerprint density at radius 1 is 0.946 bits per heavy atom. The largest absolute Gasteiger partial charge is 0.240 e. The monoisotopic (exact) mass is 533 g/mol. The maximum absolute atomic E-state index is 10.0. The van der Waals surface area contributed by atoms with Gasteiger partial charge in [-0.25, -0.2) is 14.6 Å². The van der Waals surface area contributed by atoms with Gasteiger partial charge in [0.25, 0.3) is 0 Å². The van der Waals surface area contributed by atoms with Crippen molar-refractivity contribution in [2.24, 2.45) is 0 Å². The molecule has 0 radical (unpaired) electrons. The number of thiazole rings is 2. The first-order valence-electron chi connectivity index (χ1n) is 11.5. The van der Waals surface area contributed by atoms with Crippen LogP contribution in [0, 0.1) is 11.3 Å². The summed E-state index contributed by atoms with van der Waals surface area (Å²) in [7, 11) is 0. The topological polar surface area (TPSA) is 67.4 Å². The van der Waals surface area contributed by atoms with Crippen molar-refractivity contribution in [1.29, 1.82) is 5.26 Å². The molecule has 0 amide bonds. The van der Waals surface area contributed by atoms with E-state index in [4.69, 9.17) is 15.1 Å². The summed E-state index contributed by atoms with van der Waals surface area (Å²) >= 11 is 4.85. The van der Waals surface area contributed by atoms with Crippen LogP contribution in [-0.4, -0.2) is 19.7 Å². The Labute approximate surface area is 226 Å². The summed E-state index contributed by atoms with van der Waals surface area (Å²) < 4.78 is 4.06. The number of nitriles is 1. The Hall–Kier alpha value is -4.03. The standard InChI is InChI=1S/C29H19N5S3/c30-16-21(28-31-23(18-35-28)19-36-29-32-25-13-7-8-14-26(25)37-29)15-22-17-34(24-11-5-2-6-12-24)33-27(22)20-9-3-1-4-10-20/h1-15,17-18H,19H2/b21-15-. The minimum Gasteiger partial charge on any atom is -0.240 e. The SMILES string of the molecule is N#C/C(=C/c1cn(-c2ccccc2)nc1-c1ccccc1)c1nc(CSc2nc3ccccc3s2)cs1. The number of hydrogen-bond acceptors (Lipinski definition) is 7. The van der Waals surface area contributed by atoms with Crippen LogP contribution in [-0.2, 0) is 5.75 Å². The molecule has 0 saturated heterocycles. The molecule has 3 aromatic carbocycles. The molecule has 0 aliphatic carbocycles. The molecule has 178 valence electrons. The van der Waals surface area contributed by atoms with Crippen LogP contribution >= 0.6 is 34.4 Å². The normalized spacial score (nSPS) is 11.6. The van der Waals surface area contributed by atoms with E-state index in [1.165, 1.54) is 16.0 Å². The van der Waals surface area contributed by atoms with E-state index in [0.29, 0.717) is 16.3 Å². The van der Waals surface area contributed by atoms with Crippen molar-refractivity contribution in [2.45, 2.75) is 10.1 Å². The number of fused-ring (bicyclic) bond motifs is 1. The zero-order valence-corrected chi connectivity index (χ0v) is 21.9. The maximum atomic E-state index is 10.0. The second-order valence-corrected chi connectivity index (χ2v) is 11.2. The number of aromatic nitrogens is 4. The summed E-state index contributed by atoms with van der Waals surface area (Å²) in [4.78, 5) is 9.46. The highest BCUT2D eigenvalue weighted by Gasteiger charge is 2.15. The molecule has 6 rings (SSSR count). The van der Waals surface area contributed by atoms with Gasteiger partial charge in [0.1, 0.15) is 11.1 Å². The van der Waals surface area contributed by atoms with Crippen LogP contribution in [0.4, 0.5) is 0 Å². The molecule has 0 aliphatic rings. The molecule has 0 aliphatic heterocycles. The first-order valence-corrected chi connectivity index (χ1v) is 14.2. The van der Waals surface area contributed by atoms with Crippen LogP contribution in [0.15, 0.2) is 101 Å². The highest BCUT2D eigenvalue weighted by Crippen LogP contribution is 2.33. The van der Waals surface area contributed by atoms with Crippen LogP contribution in [0.3, 0.4) is 0 Å². The molecule has 3 aromatic heterocycles. The zero-order valence-electron chi connectivity index (χ0n) is 19.5. The van der Waals surface area contributed by atoms with Crippen LogP contribution in [0.1, 0.15) is 16.3 Å². The third-order valence-corrected chi connectivity index (χ3v) is 8.77. The fraction of sp³-hybridized carbons (Fsp3) is 0.0345. The van der Waals surface area contributed by atoms with Gasteiger partial charge in [-0.05, 0) is 30.3 Å². The lowest BCUT2D eigenvalue weighted by molar-refractivity contribution is 0.884. The molecule has 8 heteroatoms. The number of hydrogen-bond donors (Lipinski definition) is 0. The number of rotatable bonds is 7. The molecule has 0 N–H and O–H groups in total. The summed E-state index contributed by atoms with van der Waals surface area (Å²) in [6.07, 6.45) is 3.85. The van der Waals surface area contributed by atoms with Gasteiger partial charge in [-0.3, -0.25) is 0 Å². The molecule has 0 spiro atoms. The first kappa shape index (κ1) is 23.4. The molecule has 0 atom stereocenters. The van der Waals surface area contributed by atoms with Gasteiger partial charge in [-0.15, -0.1) is 22.7 Å². The van der Waals surface area contributed by atoms with Gasteiger partial charge < -0.3 is 0 Å². The number of benzene rings is 3. The van der Waals surface area contributed by atoms with Crippen molar-refractivity contribution in [3.63, 3.8) is 0 Å². The van der Waals surface area contributed by atoms with Gasteiger partial charge in [-0.2, -0.15) is 10.4 Å². The van der Waals surface area contributed by atoms with Gasteiger partial charge in [0.15, 0.2) is 4.34 Å². The molecule has 6 aromatic rings. The van der Waals surface area contributed by atoms with E-state index in [2.05, 4.69) is 12.1 Å². The zero-order chi connectivity index (χ0) is 25.0.